The van der Waals surface area contributed by atoms with E-state index in [1.165, 1.54) is 6.08 Å². The summed E-state index contributed by atoms with van der Waals surface area (Å²) in [5, 5.41) is 0.394. The maximum absolute atomic E-state index is 11.5. The van der Waals surface area contributed by atoms with Crippen LogP contribution in [0.4, 0.5) is 0 Å². The minimum atomic E-state index is -0.148. The van der Waals surface area contributed by atoms with Gasteiger partial charge in [-0.3, -0.25) is 9.78 Å². The number of halogens is 1. The molecule has 0 radical (unpaired) electrons. The highest BCUT2D eigenvalue weighted by molar-refractivity contribution is 6.34. The fourth-order valence-electron chi connectivity index (χ4n) is 0.898. The van der Waals surface area contributed by atoms with E-state index in [2.05, 4.69) is 4.98 Å². The van der Waals surface area contributed by atoms with Gasteiger partial charge in [0.2, 0.25) is 5.78 Å². The maximum atomic E-state index is 11.5. The molecule has 2 nitrogen and oxygen atoms in total. The van der Waals surface area contributed by atoms with Crippen molar-refractivity contribution in [2.24, 2.45) is 0 Å². The normalized spacial score (nSPS) is 9.46. The summed E-state index contributed by atoms with van der Waals surface area (Å²) in [7, 11) is 0. The van der Waals surface area contributed by atoms with Gasteiger partial charge < -0.3 is 0 Å². The SMILES string of the molecule is CC(C)=CC(=O)c1ncccc1Cl. The predicted molar refractivity (Wildman–Crippen MR) is 53.0 cm³/mol. The van der Waals surface area contributed by atoms with Crippen LogP contribution in [0, 0.1) is 0 Å². The summed E-state index contributed by atoms with van der Waals surface area (Å²) in [5.41, 5.74) is 1.25. The van der Waals surface area contributed by atoms with E-state index in [-0.39, 0.29) is 5.78 Å². The van der Waals surface area contributed by atoms with Crippen molar-refractivity contribution in [1.29, 1.82) is 0 Å². The molecule has 3 heteroatoms. The zero-order valence-electron chi connectivity index (χ0n) is 7.54. The van der Waals surface area contributed by atoms with Crippen LogP contribution >= 0.6 is 11.6 Å². The lowest BCUT2D eigenvalue weighted by atomic mass is 10.2. The Hall–Kier alpha value is -1.15. The molecule has 1 aromatic rings. The molecule has 13 heavy (non-hydrogen) atoms. The highest BCUT2D eigenvalue weighted by Gasteiger charge is 2.07. The van der Waals surface area contributed by atoms with Gasteiger partial charge in [0.1, 0.15) is 5.69 Å². The Morgan fingerprint density at radius 1 is 1.54 bits per heavy atom. The minimum absolute atomic E-state index is 0.148. The Labute approximate surface area is 82.3 Å². The molecule has 68 valence electrons. The van der Waals surface area contributed by atoms with Crippen molar-refractivity contribution < 1.29 is 4.79 Å². The average molecular weight is 196 g/mol. The quantitative estimate of drug-likeness (QED) is 0.537. The van der Waals surface area contributed by atoms with Crippen LogP contribution in [0.15, 0.2) is 30.0 Å². The van der Waals surface area contributed by atoms with Gasteiger partial charge in [0.25, 0.3) is 0 Å². The van der Waals surface area contributed by atoms with E-state index in [9.17, 15) is 4.79 Å². The van der Waals surface area contributed by atoms with E-state index in [4.69, 9.17) is 11.6 Å². The lowest BCUT2D eigenvalue weighted by Gasteiger charge is -1.97. The Bertz CT molecular complexity index is 354. The predicted octanol–water partition coefficient (Wildman–Crippen LogP) is 2.88. The summed E-state index contributed by atoms with van der Waals surface area (Å²) < 4.78 is 0. The number of carbonyl (C=O) groups is 1. The molecule has 0 saturated carbocycles. The molecule has 0 spiro atoms. The largest absolute Gasteiger partial charge is 0.287 e. The molecule has 0 bridgehead atoms. The lowest BCUT2D eigenvalue weighted by molar-refractivity contribution is 0.104. The first-order valence-electron chi connectivity index (χ1n) is 3.91. The standard InChI is InChI=1S/C10H10ClNO/c1-7(2)6-9(13)10-8(11)4-3-5-12-10/h3-6H,1-2H3. The summed E-state index contributed by atoms with van der Waals surface area (Å²) in [6.45, 7) is 3.71. The number of rotatable bonds is 2. The van der Waals surface area contributed by atoms with Crippen LogP contribution in [-0.2, 0) is 0 Å². The summed E-state index contributed by atoms with van der Waals surface area (Å²) in [5.74, 6) is -0.148. The van der Waals surface area contributed by atoms with Crippen LogP contribution in [0.5, 0.6) is 0 Å². The molecule has 1 rings (SSSR count). The number of allylic oxidation sites excluding steroid dienone is 2. The zero-order chi connectivity index (χ0) is 9.84. The first-order chi connectivity index (χ1) is 6.11. The molecule has 0 amide bonds. The number of ketones is 1. The first kappa shape index (κ1) is 9.93. The number of carbonyl (C=O) groups excluding carboxylic acids is 1. The van der Waals surface area contributed by atoms with Crippen molar-refractivity contribution in [1.82, 2.24) is 4.98 Å². The molecule has 0 aromatic carbocycles. The number of hydrogen-bond acceptors (Lipinski definition) is 2. The third kappa shape index (κ3) is 2.67. The van der Waals surface area contributed by atoms with Gasteiger partial charge in [-0.25, -0.2) is 0 Å². The van der Waals surface area contributed by atoms with Gasteiger partial charge in [0.05, 0.1) is 5.02 Å². The van der Waals surface area contributed by atoms with Crippen LogP contribution in [0.1, 0.15) is 24.3 Å². The van der Waals surface area contributed by atoms with Crippen molar-refractivity contribution in [3.8, 4) is 0 Å². The summed E-state index contributed by atoms with van der Waals surface area (Å²) in [4.78, 5) is 15.4. The molecule has 0 aliphatic rings. The maximum Gasteiger partial charge on any atom is 0.205 e. The van der Waals surface area contributed by atoms with Gasteiger partial charge in [0, 0.05) is 6.20 Å². The highest BCUT2D eigenvalue weighted by atomic mass is 35.5. The van der Waals surface area contributed by atoms with Crippen LogP contribution in [0.3, 0.4) is 0 Å². The summed E-state index contributed by atoms with van der Waals surface area (Å²) >= 11 is 5.79. The Morgan fingerprint density at radius 2 is 2.23 bits per heavy atom. The van der Waals surface area contributed by atoms with Gasteiger partial charge >= 0.3 is 0 Å². The van der Waals surface area contributed by atoms with Gasteiger partial charge in [0.15, 0.2) is 0 Å². The number of nitrogens with zero attached hydrogens (tertiary/aromatic N) is 1. The topological polar surface area (TPSA) is 30.0 Å². The van der Waals surface area contributed by atoms with Crippen LogP contribution in [-0.4, -0.2) is 10.8 Å². The molecule has 0 fully saturated rings. The number of pyridine rings is 1. The summed E-state index contributed by atoms with van der Waals surface area (Å²) in [6, 6.07) is 3.35. The van der Waals surface area contributed by atoms with Crippen molar-refractivity contribution in [3.63, 3.8) is 0 Å². The Balaban J connectivity index is 3.03. The molecule has 0 unspecified atom stereocenters. The van der Waals surface area contributed by atoms with Crippen molar-refractivity contribution in [2.45, 2.75) is 13.8 Å². The van der Waals surface area contributed by atoms with Crippen molar-refractivity contribution in [2.75, 3.05) is 0 Å². The molecule has 0 N–H and O–H groups in total. The van der Waals surface area contributed by atoms with E-state index in [0.717, 1.165) is 5.57 Å². The van der Waals surface area contributed by atoms with E-state index >= 15 is 0 Å². The van der Waals surface area contributed by atoms with Gasteiger partial charge in [-0.15, -0.1) is 0 Å². The molecule has 1 heterocycles. The Morgan fingerprint density at radius 3 is 2.77 bits per heavy atom. The third-order valence-electron chi connectivity index (χ3n) is 1.41. The molecule has 0 aliphatic heterocycles. The van der Waals surface area contributed by atoms with Gasteiger partial charge in [-0.2, -0.15) is 0 Å². The second-order valence-electron chi connectivity index (χ2n) is 2.92. The smallest absolute Gasteiger partial charge is 0.205 e. The molecule has 0 aliphatic carbocycles. The molecular weight excluding hydrogens is 186 g/mol. The third-order valence-corrected chi connectivity index (χ3v) is 1.72. The second-order valence-corrected chi connectivity index (χ2v) is 3.33. The molecule has 0 saturated heterocycles. The monoisotopic (exact) mass is 195 g/mol. The second kappa shape index (κ2) is 4.19. The summed E-state index contributed by atoms with van der Waals surface area (Å²) in [6.07, 6.45) is 3.08. The Kier molecular flexibility index (Phi) is 3.20. The van der Waals surface area contributed by atoms with E-state index < -0.39 is 0 Å². The first-order valence-corrected chi connectivity index (χ1v) is 4.29. The zero-order valence-corrected chi connectivity index (χ0v) is 8.30. The van der Waals surface area contributed by atoms with Crippen molar-refractivity contribution >= 4 is 17.4 Å². The van der Waals surface area contributed by atoms with Gasteiger partial charge in [-0.1, -0.05) is 17.2 Å². The fraction of sp³-hybridized carbons (Fsp3) is 0.200. The van der Waals surface area contributed by atoms with E-state index in [1.807, 2.05) is 13.8 Å². The van der Waals surface area contributed by atoms with Crippen molar-refractivity contribution in [3.05, 3.63) is 40.7 Å². The number of hydrogen-bond donors (Lipinski definition) is 0. The fourth-order valence-corrected chi connectivity index (χ4v) is 1.11. The molecule has 0 atom stereocenters. The highest BCUT2D eigenvalue weighted by Crippen LogP contribution is 2.13. The van der Waals surface area contributed by atoms with E-state index in [1.54, 1.807) is 18.3 Å². The van der Waals surface area contributed by atoms with Crippen LogP contribution < -0.4 is 0 Å². The molecule has 1 aromatic heterocycles. The lowest BCUT2D eigenvalue weighted by Crippen LogP contribution is -1.99. The van der Waals surface area contributed by atoms with Crippen LogP contribution in [0.2, 0.25) is 5.02 Å². The number of aromatic nitrogens is 1. The van der Waals surface area contributed by atoms with Gasteiger partial charge in [-0.05, 0) is 32.1 Å². The van der Waals surface area contributed by atoms with Crippen LogP contribution in [0.25, 0.3) is 0 Å². The molecular formula is C10H10ClNO. The minimum Gasteiger partial charge on any atom is -0.287 e. The average Bonchev–Trinajstić information content (AvgIpc) is 2.03. The van der Waals surface area contributed by atoms with E-state index in [0.29, 0.717) is 10.7 Å².